The van der Waals surface area contributed by atoms with E-state index in [-0.39, 0.29) is 10.8 Å². The summed E-state index contributed by atoms with van der Waals surface area (Å²) in [5, 5.41) is 4.05. The zero-order chi connectivity index (χ0) is 23.4. The third kappa shape index (κ3) is 5.43. The summed E-state index contributed by atoms with van der Waals surface area (Å²) in [6.45, 7) is 3.74. The number of rotatable bonds is 5. The van der Waals surface area contributed by atoms with Crippen LogP contribution in [0.5, 0.6) is 0 Å². The quantitative estimate of drug-likeness (QED) is 0.555. The number of halogens is 4. The summed E-state index contributed by atoms with van der Waals surface area (Å²) in [5.41, 5.74) is 0.120. The number of benzene rings is 1. The van der Waals surface area contributed by atoms with Gasteiger partial charge < -0.3 is 4.90 Å². The Morgan fingerprint density at radius 1 is 1.00 bits per heavy atom. The highest BCUT2D eigenvalue weighted by Crippen LogP contribution is 2.29. The minimum Gasteiger partial charge on any atom is -0.366 e. The molecule has 1 aromatic carbocycles. The van der Waals surface area contributed by atoms with Gasteiger partial charge in [0.25, 0.3) is 5.56 Å². The third-order valence-electron chi connectivity index (χ3n) is 5.38. The molecule has 0 amide bonds. The van der Waals surface area contributed by atoms with Crippen LogP contribution in [0.1, 0.15) is 11.1 Å². The van der Waals surface area contributed by atoms with Gasteiger partial charge in [-0.1, -0.05) is 54.1 Å². The van der Waals surface area contributed by atoms with E-state index in [2.05, 4.69) is 27.1 Å². The summed E-state index contributed by atoms with van der Waals surface area (Å²) in [5.74, 6) is -0.0310. The van der Waals surface area contributed by atoms with Crippen LogP contribution in [-0.4, -0.2) is 52.4 Å². The van der Waals surface area contributed by atoms with Gasteiger partial charge in [0.05, 0.1) is 17.4 Å². The van der Waals surface area contributed by atoms with Crippen LogP contribution in [0.25, 0.3) is 11.9 Å². The molecule has 1 aliphatic rings. The van der Waals surface area contributed by atoms with Crippen molar-refractivity contribution in [2.75, 3.05) is 37.6 Å². The van der Waals surface area contributed by atoms with Crippen LogP contribution in [-0.2, 0) is 6.18 Å². The number of hydrogen-bond donors (Lipinski definition) is 0. The van der Waals surface area contributed by atoms with Crippen molar-refractivity contribution in [1.29, 1.82) is 0 Å². The molecule has 0 bridgehead atoms. The van der Waals surface area contributed by atoms with Crippen molar-refractivity contribution in [2.45, 2.75) is 6.18 Å². The molecule has 3 heterocycles. The second kappa shape index (κ2) is 9.76. The highest BCUT2D eigenvalue weighted by atomic mass is 35.5. The number of alkyl halides is 3. The van der Waals surface area contributed by atoms with Crippen LogP contribution < -0.4 is 10.5 Å². The summed E-state index contributed by atoms with van der Waals surface area (Å²) >= 11 is 6.33. The van der Waals surface area contributed by atoms with Crippen LogP contribution in [0.4, 0.5) is 18.9 Å². The van der Waals surface area contributed by atoms with Crippen LogP contribution in [0, 0.1) is 0 Å². The standard InChI is InChI=1S/C23H21ClF3N5O/c24-21-19(16-29-32(22(21)33)20-9-8-18(15-28-20)23(25,26)27)31-13-11-30(12-14-31)10-4-7-17-5-2-1-3-6-17/h1-9,15-16H,10-14H2/b7-4+. The molecule has 0 radical (unpaired) electrons. The third-order valence-corrected chi connectivity index (χ3v) is 5.73. The zero-order valence-corrected chi connectivity index (χ0v) is 18.3. The maximum atomic E-state index is 12.7. The first kappa shape index (κ1) is 23.0. The van der Waals surface area contributed by atoms with Gasteiger partial charge in [0.1, 0.15) is 5.02 Å². The molecule has 0 N–H and O–H groups in total. The molecule has 2 aromatic heterocycles. The van der Waals surface area contributed by atoms with E-state index in [1.165, 1.54) is 6.20 Å². The highest BCUT2D eigenvalue weighted by Gasteiger charge is 2.31. The molecule has 1 saturated heterocycles. The fraction of sp³-hybridized carbons (Fsp3) is 0.261. The van der Waals surface area contributed by atoms with Crippen molar-refractivity contribution >= 4 is 23.4 Å². The minimum atomic E-state index is -4.51. The molecule has 0 saturated carbocycles. The van der Waals surface area contributed by atoms with E-state index in [0.717, 1.165) is 42.0 Å². The van der Waals surface area contributed by atoms with E-state index < -0.39 is 17.3 Å². The first-order valence-corrected chi connectivity index (χ1v) is 10.7. The Hall–Kier alpha value is -3.17. The van der Waals surface area contributed by atoms with Gasteiger partial charge in [-0.3, -0.25) is 9.69 Å². The van der Waals surface area contributed by atoms with Gasteiger partial charge in [-0.15, -0.1) is 0 Å². The zero-order valence-electron chi connectivity index (χ0n) is 17.5. The van der Waals surface area contributed by atoms with E-state index in [0.29, 0.717) is 25.0 Å². The highest BCUT2D eigenvalue weighted by molar-refractivity contribution is 6.33. The number of pyridine rings is 1. The number of piperazine rings is 1. The largest absolute Gasteiger partial charge is 0.417 e. The maximum absolute atomic E-state index is 12.7. The fourth-order valence-corrected chi connectivity index (χ4v) is 3.81. The van der Waals surface area contributed by atoms with E-state index in [9.17, 15) is 18.0 Å². The Labute approximate surface area is 193 Å². The van der Waals surface area contributed by atoms with E-state index >= 15 is 0 Å². The molecule has 0 spiro atoms. The maximum Gasteiger partial charge on any atom is 0.417 e. The molecule has 10 heteroatoms. The van der Waals surface area contributed by atoms with Crippen molar-refractivity contribution in [1.82, 2.24) is 19.7 Å². The van der Waals surface area contributed by atoms with Gasteiger partial charge >= 0.3 is 6.18 Å². The molecule has 0 unspecified atom stereocenters. The molecule has 172 valence electrons. The van der Waals surface area contributed by atoms with Crippen LogP contribution in [0.3, 0.4) is 0 Å². The van der Waals surface area contributed by atoms with Crippen LogP contribution >= 0.6 is 11.6 Å². The lowest BCUT2D eigenvalue weighted by Crippen LogP contribution is -2.47. The predicted molar refractivity (Wildman–Crippen MR) is 122 cm³/mol. The smallest absolute Gasteiger partial charge is 0.366 e. The molecule has 3 aromatic rings. The lowest BCUT2D eigenvalue weighted by Gasteiger charge is -2.35. The second-order valence-electron chi connectivity index (χ2n) is 7.56. The molecular weight excluding hydrogens is 455 g/mol. The van der Waals surface area contributed by atoms with Gasteiger partial charge in [0.2, 0.25) is 0 Å². The lowest BCUT2D eigenvalue weighted by atomic mass is 10.2. The molecule has 4 rings (SSSR count). The lowest BCUT2D eigenvalue weighted by molar-refractivity contribution is -0.137. The molecule has 1 fully saturated rings. The second-order valence-corrected chi connectivity index (χ2v) is 7.94. The number of nitrogens with zero attached hydrogens (tertiary/aromatic N) is 5. The topological polar surface area (TPSA) is 54.3 Å². The Kier molecular flexibility index (Phi) is 6.80. The summed E-state index contributed by atoms with van der Waals surface area (Å²) in [7, 11) is 0. The Morgan fingerprint density at radius 3 is 2.36 bits per heavy atom. The molecule has 0 aliphatic carbocycles. The molecule has 1 aliphatic heterocycles. The summed E-state index contributed by atoms with van der Waals surface area (Å²) in [6, 6.07) is 12.0. The molecular formula is C23H21ClF3N5O. The van der Waals surface area contributed by atoms with Gasteiger partial charge in [0, 0.05) is 38.9 Å². The van der Waals surface area contributed by atoms with Crippen LogP contribution in [0.15, 0.2) is 65.7 Å². The fourth-order valence-electron chi connectivity index (χ4n) is 3.56. The number of anilines is 1. The molecule has 6 nitrogen and oxygen atoms in total. The molecule has 33 heavy (non-hydrogen) atoms. The first-order chi connectivity index (χ1) is 15.8. The van der Waals surface area contributed by atoms with Gasteiger partial charge in [-0.2, -0.15) is 23.0 Å². The Morgan fingerprint density at radius 2 is 1.73 bits per heavy atom. The average molecular weight is 476 g/mol. The predicted octanol–water partition coefficient (Wildman–Crippen LogP) is 4.14. The monoisotopic (exact) mass is 475 g/mol. The van der Waals surface area contributed by atoms with Crippen molar-refractivity contribution in [3.63, 3.8) is 0 Å². The van der Waals surface area contributed by atoms with Crippen molar-refractivity contribution < 1.29 is 13.2 Å². The Bertz CT molecular complexity index is 1170. The van der Waals surface area contributed by atoms with E-state index in [4.69, 9.17) is 11.6 Å². The number of aromatic nitrogens is 3. The van der Waals surface area contributed by atoms with Crippen molar-refractivity contribution in [2.24, 2.45) is 0 Å². The van der Waals surface area contributed by atoms with Crippen molar-refractivity contribution in [3.8, 4) is 5.82 Å². The van der Waals surface area contributed by atoms with E-state index in [1.807, 2.05) is 35.2 Å². The SMILES string of the molecule is O=c1c(Cl)c(N2CCN(C/C=C/c3ccccc3)CC2)cnn1-c1ccc(C(F)(F)F)cn1. The number of hydrogen-bond acceptors (Lipinski definition) is 5. The summed E-state index contributed by atoms with van der Waals surface area (Å²) < 4.78 is 39.1. The minimum absolute atomic E-state index is 0.0310. The van der Waals surface area contributed by atoms with Gasteiger partial charge in [-0.25, -0.2) is 4.98 Å². The van der Waals surface area contributed by atoms with E-state index in [1.54, 1.807) is 0 Å². The van der Waals surface area contributed by atoms with Gasteiger partial charge in [0.15, 0.2) is 5.82 Å². The van der Waals surface area contributed by atoms with Gasteiger partial charge in [-0.05, 0) is 17.7 Å². The average Bonchev–Trinajstić information content (AvgIpc) is 2.82. The molecule has 0 atom stereocenters. The Balaban J connectivity index is 1.41. The van der Waals surface area contributed by atoms with Crippen LogP contribution in [0.2, 0.25) is 5.02 Å². The summed E-state index contributed by atoms with van der Waals surface area (Å²) in [4.78, 5) is 20.7. The summed E-state index contributed by atoms with van der Waals surface area (Å²) in [6.07, 6.45) is 1.82. The van der Waals surface area contributed by atoms with Crippen molar-refractivity contribution in [3.05, 3.63) is 87.4 Å². The normalized spacial score (nSPS) is 15.3. The first-order valence-electron chi connectivity index (χ1n) is 10.3.